The van der Waals surface area contributed by atoms with Crippen LogP contribution in [0, 0.1) is 0 Å². The SMILES string of the molecule is CCCCCN(CC(=O)Nc1cc(C(C)(C)C)nn1-c1ccccc1Cl)C(=O)c1cccc(Cl)c1. The number of carbonyl (C=O) groups excluding carboxylic acids is 2. The largest absolute Gasteiger partial charge is 0.329 e. The lowest BCUT2D eigenvalue weighted by atomic mass is 9.92. The molecular weight excluding hydrogens is 483 g/mol. The Balaban J connectivity index is 1.87. The third-order valence-corrected chi connectivity index (χ3v) is 6.11. The summed E-state index contributed by atoms with van der Waals surface area (Å²) in [6.07, 6.45) is 2.79. The van der Waals surface area contributed by atoms with Crippen LogP contribution < -0.4 is 5.32 Å². The van der Waals surface area contributed by atoms with Crippen LogP contribution in [0.2, 0.25) is 10.0 Å². The number of nitrogens with one attached hydrogen (secondary N) is 1. The van der Waals surface area contributed by atoms with Gasteiger partial charge in [0.15, 0.2) is 0 Å². The lowest BCUT2D eigenvalue weighted by molar-refractivity contribution is -0.117. The molecule has 0 spiro atoms. The fourth-order valence-corrected chi connectivity index (χ4v) is 4.01. The highest BCUT2D eigenvalue weighted by Gasteiger charge is 2.24. The number of halogens is 2. The highest BCUT2D eigenvalue weighted by Crippen LogP contribution is 2.29. The van der Waals surface area contributed by atoms with Crippen molar-refractivity contribution in [1.29, 1.82) is 0 Å². The number of amides is 2. The molecule has 1 heterocycles. The molecule has 8 heteroatoms. The normalized spacial score (nSPS) is 11.4. The van der Waals surface area contributed by atoms with Gasteiger partial charge in [-0.2, -0.15) is 5.10 Å². The molecule has 0 aliphatic carbocycles. The number of rotatable bonds is 9. The summed E-state index contributed by atoms with van der Waals surface area (Å²) in [5.41, 5.74) is 1.69. The monoisotopic (exact) mass is 514 g/mol. The van der Waals surface area contributed by atoms with Crippen molar-refractivity contribution >= 4 is 40.8 Å². The molecule has 3 rings (SSSR count). The molecule has 0 saturated heterocycles. The summed E-state index contributed by atoms with van der Waals surface area (Å²) in [5.74, 6) is -0.0453. The summed E-state index contributed by atoms with van der Waals surface area (Å²) < 4.78 is 1.64. The zero-order chi connectivity index (χ0) is 25.6. The van der Waals surface area contributed by atoms with E-state index in [-0.39, 0.29) is 23.8 Å². The van der Waals surface area contributed by atoms with Crippen LogP contribution in [0.3, 0.4) is 0 Å². The zero-order valence-electron chi connectivity index (χ0n) is 20.6. The smallest absolute Gasteiger partial charge is 0.254 e. The second-order valence-electron chi connectivity index (χ2n) is 9.52. The predicted octanol–water partition coefficient (Wildman–Crippen LogP) is 6.75. The molecule has 0 fully saturated rings. The van der Waals surface area contributed by atoms with Gasteiger partial charge >= 0.3 is 0 Å². The van der Waals surface area contributed by atoms with Crippen molar-refractivity contribution in [1.82, 2.24) is 14.7 Å². The molecule has 0 aliphatic rings. The van der Waals surface area contributed by atoms with Crippen LogP contribution in [0.25, 0.3) is 5.69 Å². The molecule has 0 saturated carbocycles. The molecule has 35 heavy (non-hydrogen) atoms. The van der Waals surface area contributed by atoms with Gasteiger partial charge in [0.25, 0.3) is 5.91 Å². The van der Waals surface area contributed by atoms with Gasteiger partial charge in [0.05, 0.1) is 16.4 Å². The number of anilines is 1. The van der Waals surface area contributed by atoms with Gasteiger partial charge in [-0.25, -0.2) is 4.68 Å². The molecule has 0 radical (unpaired) electrons. The van der Waals surface area contributed by atoms with Gasteiger partial charge in [-0.05, 0) is 36.8 Å². The van der Waals surface area contributed by atoms with Gasteiger partial charge in [-0.1, -0.05) is 81.9 Å². The van der Waals surface area contributed by atoms with Gasteiger partial charge in [0.1, 0.15) is 12.4 Å². The van der Waals surface area contributed by atoms with Crippen LogP contribution >= 0.6 is 23.2 Å². The Labute approximate surface area is 217 Å². The van der Waals surface area contributed by atoms with Crippen molar-refractivity contribution in [3.05, 3.63) is 75.9 Å². The zero-order valence-corrected chi connectivity index (χ0v) is 22.2. The third kappa shape index (κ3) is 7.09. The van der Waals surface area contributed by atoms with Crippen molar-refractivity contribution in [3.63, 3.8) is 0 Å². The van der Waals surface area contributed by atoms with E-state index in [1.807, 2.05) is 24.3 Å². The molecule has 1 aromatic heterocycles. The van der Waals surface area contributed by atoms with E-state index >= 15 is 0 Å². The molecule has 186 valence electrons. The summed E-state index contributed by atoms with van der Waals surface area (Å²) in [6, 6.07) is 16.0. The van der Waals surface area contributed by atoms with E-state index in [0.717, 1.165) is 25.0 Å². The summed E-state index contributed by atoms with van der Waals surface area (Å²) in [5, 5.41) is 8.67. The molecule has 6 nitrogen and oxygen atoms in total. The summed E-state index contributed by atoms with van der Waals surface area (Å²) in [4.78, 5) is 27.9. The fourth-order valence-electron chi connectivity index (χ4n) is 3.61. The van der Waals surface area contributed by atoms with Gasteiger partial charge in [0.2, 0.25) is 5.91 Å². The van der Waals surface area contributed by atoms with E-state index in [4.69, 9.17) is 28.3 Å². The molecular formula is C27H32Cl2N4O2. The van der Waals surface area contributed by atoms with Crippen molar-refractivity contribution < 1.29 is 9.59 Å². The molecule has 3 aromatic rings. The van der Waals surface area contributed by atoms with Gasteiger partial charge in [-0.15, -0.1) is 0 Å². The maximum absolute atomic E-state index is 13.2. The van der Waals surface area contributed by atoms with Crippen LogP contribution in [-0.2, 0) is 10.2 Å². The molecule has 2 amide bonds. The van der Waals surface area contributed by atoms with Gasteiger partial charge in [0, 0.05) is 28.6 Å². The third-order valence-electron chi connectivity index (χ3n) is 5.55. The summed E-state index contributed by atoms with van der Waals surface area (Å²) in [6.45, 7) is 8.64. The maximum atomic E-state index is 13.2. The first-order valence-electron chi connectivity index (χ1n) is 11.8. The van der Waals surface area contributed by atoms with Crippen molar-refractivity contribution in [3.8, 4) is 5.69 Å². The van der Waals surface area contributed by atoms with E-state index in [1.54, 1.807) is 39.9 Å². The Morgan fingerprint density at radius 1 is 1.03 bits per heavy atom. The van der Waals surface area contributed by atoms with Crippen molar-refractivity contribution in [2.45, 2.75) is 52.4 Å². The van der Waals surface area contributed by atoms with Crippen LogP contribution in [0.15, 0.2) is 54.6 Å². The quantitative estimate of drug-likeness (QED) is 0.321. The Bertz CT molecular complexity index is 1180. The molecule has 2 aromatic carbocycles. The maximum Gasteiger partial charge on any atom is 0.254 e. The second-order valence-corrected chi connectivity index (χ2v) is 10.4. The van der Waals surface area contributed by atoms with E-state index in [9.17, 15) is 9.59 Å². The minimum atomic E-state index is -0.314. The van der Waals surface area contributed by atoms with Crippen LogP contribution in [-0.4, -0.2) is 39.6 Å². The Kier molecular flexibility index (Phi) is 8.98. The average Bonchev–Trinajstić information content (AvgIpc) is 3.22. The highest BCUT2D eigenvalue weighted by atomic mass is 35.5. The van der Waals surface area contributed by atoms with Crippen molar-refractivity contribution in [2.24, 2.45) is 0 Å². The topological polar surface area (TPSA) is 67.2 Å². The second kappa shape index (κ2) is 11.7. The minimum absolute atomic E-state index is 0.0897. The number of aromatic nitrogens is 2. The van der Waals surface area contributed by atoms with Crippen LogP contribution in [0.1, 0.15) is 63.0 Å². The number of hydrogen-bond donors (Lipinski definition) is 1. The Hall–Kier alpha value is -2.83. The van der Waals surface area contributed by atoms with E-state index in [1.165, 1.54) is 0 Å². The number of nitrogens with zero attached hydrogens (tertiary/aromatic N) is 3. The van der Waals surface area contributed by atoms with Gasteiger partial charge in [-0.3, -0.25) is 9.59 Å². The standard InChI is InChI=1S/C27H32Cl2N4O2/c1-5-6-9-15-32(26(35)19-11-10-12-20(28)16-19)18-25(34)30-24-17-23(27(2,3)4)31-33(24)22-14-8-7-13-21(22)29/h7-8,10-14,16-17H,5-6,9,15,18H2,1-4H3,(H,30,34). The van der Waals surface area contributed by atoms with E-state index < -0.39 is 0 Å². The number of carbonyl (C=O) groups is 2. The van der Waals surface area contributed by atoms with E-state index in [2.05, 4.69) is 33.0 Å². The molecule has 1 N–H and O–H groups in total. The summed E-state index contributed by atoms with van der Waals surface area (Å²) >= 11 is 12.5. The fraction of sp³-hybridized carbons (Fsp3) is 0.370. The van der Waals surface area contributed by atoms with Gasteiger partial charge < -0.3 is 10.2 Å². The lowest BCUT2D eigenvalue weighted by Gasteiger charge is -2.22. The molecule has 0 atom stereocenters. The first kappa shape index (κ1) is 26.8. The van der Waals surface area contributed by atoms with Crippen LogP contribution in [0.5, 0.6) is 0 Å². The number of para-hydroxylation sites is 1. The number of benzene rings is 2. The molecule has 0 bridgehead atoms. The Morgan fingerprint density at radius 3 is 2.43 bits per heavy atom. The minimum Gasteiger partial charge on any atom is -0.329 e. The lowest BCUT2D eigenvalue weighted by Crippen LogP contribution is -2.39. The average molecular weight is 515 g/mol. The van der Waals surface area contributed by atoms with Crippen molar-refractivity contribution in [2.75, 3.05) is 18.4 Å². The highest BCUT2D eigenvalue weighted by molar-refractivity contribution is 6.32. The molecule has 0 unspecified atom stereocenters. The number of hydrogen-bond acceptors (Lipinski definition) is 3. The number of unbranched alkanes of at least 4 members (excludes halogenated alkanes) is 2. The predicted molar refractivity (Wildman–Crippen MR) is 143 cm³/mol. The first-order valence-corrected chi connectivity index (χ1v) is 12.6. The van der Waals surface area contributed by atoms with E-state index in [0.29, 0.717) is 33.7 Å². The Morgan fingerprint density at radius 2 is 1.77 bits per heavy atom. The summed E-state index contributed by atoms with van der Waals surface area (Å²) in [7, 11) is 0. The van der Waals surface area contributed by atoms with Crippen LogP contribution in [0.4, 0.5) is 5.82 Å². The first-order chi connectivity index (χ1) is 16.6. The molecule has 0 aliphatic heterocycles.